The fraction of sp³-hybridized carbons (Fsp3) is 0.438. The Kier molecular flexibility index (Phi) is 3.97. The molecule has 1 saturated heterocycles. The summed E-state index contributed by atoms with van der Waals surface area (Å²) in [6, 6.07) is 4.45. The van der Waals surface area contributed by atoms with Crippen LogP contribution in [0.15, 0.2) is 29.9 Å². The molecule has 120 valence electrons. The minimum Gasteiger partial charge on any atom is -0.354 e. The van der Waals surface area contributed by atoms with Gasteiger partial charge in [0.1, 0.15) is 0 Å². The van der Waals surface area contributed by atoms with Crippen molar-refractivity contribution in [3.8, 4) is 0 Å². The van der Waals surface area contributed by atoms with Crippen LogP contribution in [-0.2, 0) is 6.54 Å². The van der Waals surface area contributed by atoms with Crippen molar-refractivity contribution in [2.24, 2.45) is 0 Å². The van der Waals surface area contributed by atoms with Crippen LogP contribution in [0.2, 0.25) is 0 Å². The zero-order valence-electron chi connectivity index (χ0n) is 13.1. The quantitative estimate of drug-likeness (QED) is 0.796. The molecule has 3 aromatic heterocycles. The number of fused-ring (bicyclic) bond motifs is 1. The van der Waals surface area contributed by atoms with Gasteiger partial charge in [-0.15, -0.1) is 16.4 Å². The van der Waals surface area contributed by atoms with E-state index in [0.29, 0.717) is 6.04 Å². The first-order valence-electron chi connectivity index (χ1n) is 7.98. The van der Waals surface area contributed by atoms with Crippen LogP contribution in [0, 0.1) is 6.92 Å². The summed E-state index contributed by atoms with van der Waals surface area (Å²) in [7, 11) is 0. The molecule has 0 aliphatic carbocycles. The number of piperidine rings is 1. The van der Waals surface area contributed by atoms with Gasteiger partial charge < -0.3 is 10.2 Å². The van der Waals surface area contributed by atoms with Crippen molar-refractivity contribution in [3.63, 3.8) is 0 Å². The number of aromatic nitrogens is 4. The van der Waals surface area contributed by atoms with Crippen molar-refractivity contribution < 1.29 is 0 Å². The molecule has 3 aromatic rings. The zero-order chi connectivity index (χ0) is 15.6. The lowest BCUT2D eigenvalue weighted by Gasteiger charge is -2.33. The molecule has 4 heterocycles. The Hall–Kier alpha value is -1.99. The van der Waals surface area contributed by atoms with Crippen LogP contribution < -0.4 is 10.2 Å². The fourth-order valence-corrected chi connectivity index (χ4v) is 3.99. The summed E-state index contributed by atoms with van der Waals surface area (Å²) in [4.78, 5) is 8.00. The van der Waals surface area contributed by atoms with Crippen LogP contribution in [0.4, 0.5) is 5.82 Å². The van der Waals surface area contributed by atoms with Crippen LogP contribution in [0.25, 0.3) is 4.96 Å². The van der Waals surface area contributed by atoms with Gasteiger partial charge in [-0.1, -0.05) is 0 Å². The highest BCUT2D eigenvalue weighted by Crippen LogP contribution is 2.19. The number of imidazole rings is 1. The SMILES string of the molecule is Cc1nc2sccn2c1CN[C@@H]1CCCN(c2cccnn2)C1. The number of nitrogens with zero attached hydrogens (tertiary/aromatic N) is 5. The molecule has 0 saturated carbocycles. The van der Waals surface area contributed by atoms with Gasteiger partial charge in [-0.2, -0.15) is 5.10 Å². The molecule has 1 fully saturated rings. The summed E-state index contributed by atoms with van der Waals surface area (Å²) >= 11 is 1.68. The molecule has 7 heteroatoms. The fourth-order valence-electron chi connectivity index (χ4n) is 3.21. The number of hydrogen-bond acceptors (Lipinski definition) is 6. The van der Waals surface area contributed by atoms with Crippen LogP contribution >= 0.6 is 11.3 Å². The largest absolute Gasteiger partial charge is 0.354 e. The Labute approximate surface area is 139 Å². The van der Waals surface area contributed by atoms with E-state index < -0.39 is 0 Å². The normalized spacial score (nSPS) is 18.7. The molecule has 4 rings (SSSR count). The predicted molar refractivity (Wildman–Crippen MR) is 91.9 cm³/mol. The average molecular weight is 328 g/mol. The Bertz CT molecular complexity index is 780. The maximum Gasteiger partial charge on any atom is 0.194 e. The predicted octanol–water partition coefficient (Wildman–Crippen LogP) is 2.25. The second-order valence-corrected chi connectivity index (χ2v) is 6.82. The van der Waals surface area contributed by atoms with E-state index in [1.807, 2.05) is 12.1 Å². The molecule has 1 aliphatic rings. The van der Waals surface area contributed by atoms with E-state index in [-0.39, 0.29) is 0 Å². The number of aryl methyl sites for hydroxylation is 1. The van der Waals surface area contributed by atoms with Crippen LogP contribution in [0.3, 0.4) is 0 Å². The highest BCUT2D eigenvalue weighted by molar-refractivity contribution is 7.15. The van der Waals surface area contributed by atoms with Crippen LogP contribution in [0.5, 0.6) is 0 Å². The maximum absolute atomic E-state index is 4.61. The Morgan fingerprint density at radius 1 is 1.43 bits per heavy atom. The molecular formula is C16H20N6S. The van der Waals surface area contributed by atoms with Crippen molar-refractivity contribution in [1.82, 2.24) is 24.9 Å². The van der Waals surface area contributed by atoms with E-state index in [4.69, 9.17) is 0 Å². The van der Waals surface area contributed by atoms with E-state index in [2.05, 4.69) is 48.3 Å². The van der Waals surface area contributed by atoms with Gasteiger partial charge in [0.15, 0.2) is 10.8 Å². The van der Waals surface area contributed by atoms with Gasteiger partial charge in [-0.25, -0.2) is 4.98 Å². The second kappa shape index (κ2) is 6.25. The van der Waals surface area contributed by atoms with Gasteiger partial charge in [-0.05, 0) is 31.9 Å². The summed E-state index contributed by atoms with van der Waals surface area (Å²) < 4.78 is 2.19. The molecule has 0 aromatic carbocycles. The van der Waals surface area contributed by atoms with Crippen LogP contribution in [0.1, 0.15) is 24.2 Å². The topological polar surface area (TPSA) is 58.4 Å². The molecule has 0 bridgehead atoms. The van der Waals surface area contributed by atoms with Crippen molar-refractivity contribution in [3.05, 3.63) is 41.3 Å². The highest BCUT2D eigenvalue weighted by Gasteiger charge is 2.21. The second-order valence-electron chi connectivity index (χ2n) is 5.95. The maximum atomic E-state index is 4.61. The average Bonchev–Trinajstić information content (AvgIpc) is 3.15. The first-order chi connectivity index (χ1) is 11.3. The highest BCUT2D eigenvalue weighted by atomic mass is 32.1. The number of hydrogen-bond donors (Lipinski definition) is 1. The van der Waals surface area contributed by atoms with Gasteiger partial charge in [0.05, 0.1) is 11.4 Å². The van der Waals surface area contributed by atoms with Crippen LogP contribution in [-0.4, -0.2) is 38.7 Å². The third kappa shape index (κ3) is 2.94. The molecule has 6 nitrogen and oxygen atoms in total. The first-order valence-corrected chi connectivity index (χ1v) is 8.86. The van der Waals surface area contributed by atoms with E-state index >= 15 is 0 Å². The van der Waals surface area contributed by atoms with E-state index in [1.165, 1.54) is 18.5 Å². The van der Waals surface area contributed by atoms with Crippen molar-refractivity contribution >= 4 is 22.1 Å². The summed E-state index contributed by atoms with van der Waals surface area (Å²) in [5.74, 6) is 0.972. The van der Waals surface area contributed by atoms with Crippen molar-refractivity contribution in [2.45, 2.75) is 32.4 Å². The molecule has 1 atom stereocenters. The summed E-state index contributed by atoms with van der Waals surface area (Å²) in [6.45, 7) is 4.97. The molecule has 0 unspecified atom stereocenters. The standard InChI is InChI=1S/C16H20N6S/c1-12-14(22-8-9-23-16(22)19-12)10-17-13-4-3-7-21(11-13)15-5-2-6-18-20-15/h2,5-6,8-9,13,17H,3-4,7,10-11H2,1H3/t13-/m1/s1. The van der Waals surface area contributed by atoms with E-state index in [1.54, 1.807) is 17.5 Å². The molecule has 0 spiro atoms. The lowest BCUT2D eigenvalue weighted by atomic mass is 10.1. The van der Waals surface area contributed by atoms with Gasteiger partial charge in [0, 0.05) is 43.4 Å². The minimum atomic E-state index is 0.467. The minimum absolute atomic E-state index is 0.467. The molecular weight excluding hydrogens is 308 g/mol. The number of anilines is 1. The first kappa shape index (κ1) is 14.6. The lowest BCUT2D eigenvalue weighted by Crippen LogP contribution is -2.46. The smallest absolute Gasteiger partial charge is 0.194 e. The molecule has 1 N–H and O–H groups in total. The van der Waals surface area contributed by atoms with Gasteiger partial charge in [0.25, 0.3) is 0 Å². The summed E-state index contributed by atoms with van der Waals surface area (Å²) in [6.07, 6.45) is 6.19. The lowest BCUT2D eigenvalue weighted by molar-refractivity contribution is 0.416. The summed E-state index contributed by atoms with van der Waals surface area (Å²) in [5, 5.41) is 14.0. The number of rotatable bonds is 4. The third-order valence-corrected chi connectivity index (χ3v) is 5.18. The van der Waals surface area contributed by atoms with Gasteiger partial charge in [0.2, 0.25) is 0 Å². The molecule has 0 amide bonds. The third-order valence-electron chi connectivity index (χ3n) is 4.42. The summed E-state index contributed by atoms with van der Waals surface area (Å²) in [5.41, 5.74) is 2.38. The molecule has 1 aliphatic heterocycles. The van der Waals surface area contributed by atoms with Gasteiger partial charge >= 0.3 is 0 Å². The van der Waals surface area contributed by atoms with Crippen molar-refractivity contribution in [1.29, 1.82) is 0 Å². The Balaban J connectivity index is 1.43. The van der Waals surface area contributed by atoms with E-state index in [9.17, 15) is 0 Å². The molecule has 0 radical (unpaired) electrons. The molecule has 23 heavy (non-hydrogen) atoms. The number of nitrogens with one attached hydrogen (secondary N) is 1. The van der Waals surface area contributed by atoms with Crippen molar-refractivity contribution in [2.75, 3.05) is 18.0 Å². The van der Waals surface area contributed by atoms with E-state index in [0.717, 1.165) is 36.1 Å². The Morgan fingerprint density at radius 3 is 3.26 bits per heavy atom. The number of thiazole rings is 1. The Morgan fingerprint density at radius 2 is 2.39 bits per heavy atom. The zero-order valence-corrected chi connectivity index (χ0v) is 14.0. The van der Waals surface area contributed by atoms with Gasteiger partial charge in [-0.3, -0.25) is 4.40 Å². The monoisotopic (exact) mass is 328 g/mol.